The number of para-hydroxylation sites is 1. The number of hydrogen-bond acceptors (Lipinski definition) is 2. The summed E-state index contributed by atoms with van der Waals surface area (Å²) in [4.78, 5) is 16.6. The number of carbonyl (C=O) groups is 1. The van der Waals surface area contributed by atoms with Gasteiger partial charge in [-0.15, -0.1) is 0 Å². The molecule has 0 N–H and O–H groups in total. The summed E-state index contributed by atoms with van der Waals surface area (Å²) in [7, 11) is 2.23. The highest BCUT2D eigenvalue weighted by molar-refractivity contribution is 6.01. The van der Waals surface area contributed by atoms with E-state index in [0.717, 1.165) is 18.7 Å². The summed E-state index contributed by atoms with van der Waals surface area (Å²) in [6.45, 7) is 3.17. The van der Waals surface area contributed by atoms with Crippen LogP contribution in [0, 0.1) is 0 Å². The minimum Gasteiger partial charge on any atom is -0.312 e. The zero-order chi connectivity index (χ0) is 14.1. The van der Waals surface area contributed by atoms with E-state index >= 15 is 0 Å². The van der Waals surface area contributed by atoms with Crippen LogP contribution < -0.4 is 4.90 Å². The van der Waals surface area contributed by atoms with Crippen LogP contribution in [0.5, 0.6) is 0 Å². The summed E-state index contributed by atoms with van der Waals surface area (Å²) in [6, 6.07) is 9.50. The van der Waals surface area contributed by atoms with Crippen LogP contribution in [-0.2, 0) is 11.2 Å². The maximum absolute atomic E-state index is 12.2. The molecular weight excluding hydrogens is 248 g/mol. The van der Waals surface area contributed by atoms with Gasteiger partial charge in [-0.3, -0.25) is 4.79 Å². The third-order valence-corrected chi connectivity index (χ3v) is 5.04. The topological polar surface area (TPSA) is 23.6 Å². The van der Waals surface area contributed by atoms with Gasteiger partial charge in [0.2, 0.25) is 5.91 Å². The van der Waals surface area contributed by atoms with E-state index in [1.54, 1.807) is 0 Å². The normalized spacial score (nSPS) is 26.9. The maximum Gasteiger partial charge on any atom is 0.231 e. The van der Waals surface area contributed by atoms with Gasteiger partial charge < -0.3 is 9.80 Å². The molecule has 1 aromatic rings. The molecule has 2 aliphatic heterocycles. The van der Waals surface area contributed by atoms with Crippen LogP contribution >= 0.6 is 0 Å². The van der Waals surface area contributed by atoms with Crippen molar-refractivity contribution in [3.63, 3.8) is 0 Å². The van der Waals surface area contributed by atoms with Crippen molar-refractivity contribution in [2.45, 2.75) is 51.1 Å². The SMILES string of the molecule is CC1CCCC(CCN2C(=O)Cc3ccccc32)N1C. The van der Waals surface area contributed by atoms with Crippen LogP contribution in [0.2, 0.25) is 0 Å². The highest BCUT2D eigenvalue weighted by atomic mass is 16.2. The quantitative estimate of drug-likeness (QED) is 0.844. The first-order valence-corrected chi connectivity index (χ1v) is 7.77. The van der Waals surface area contributed by atoms with Gasteiger partial charge >= 0.3 is 0 Å². The lowest BCUT2D eigenvalue weighted by atomic mass is 9.95. The Hall–Kier alpha value is -1.35. The summed E-state index contributed by atoms with van der Waals surface area (Å²) in [6.07, 6.45) is 5.55. The fourth-order valence-corrected chi connectivity index (χ4v) is 3.60. The van der Waals surface area contributed by atoms with E-state index < -0.39 is 0 Å². The van der Waals surface area contributed by atoms with Gasteiger partial charge in [-0.2, -0.15) is 0 Å². The predicted molar refractivity (Wildman–Crippen MR) is 82.0 cm³/mol. The molecule has 3 rings (SSSR count). The van der Waals surface area contributed by atoms with Crippen molar-refractivity contribution in [2.24, 2.45) is 0 Å². The van der Waals surface area contributed by atoms with Crippen molar-refractivity contribution in [1.29, 1.82) is 0 Å². The summed E-state index contributed by atoms with van der Waals surface area (Å²) in [5.41, 5.74) is 2.31. The molecule has 1 amide bonds. The molecule has 0 aromatic heterocycles. The standard InChI is InChI=1S/C17H24N2O/c1-13-6-5-8-15(18(13)2)10-11-19-16-9-4-3-7-14(16)12-17(19)20/h3-4,7,9,13,15H,5-6,8,10-12H2,1-2H3. The van der Waals surface area contributed by atoms with Gasteiger partial charge in [0.15, 0.2) is 0 Å². The highest BCUT2D eigenvalue weighted by Crippen LogP contribution is 2.30. The molecule has 0 aliphatic carbocycles. The monoisotopic (exact) mass is 272 g/mol. The lowest BCUT2D eigenvalue weighted by Crippen LogP contribution is -2.44. The Balaban J connectivity index is 1.65. The average molecular weight is 272 g/mol. The number of nitrogens with zero attached hydrogens (tertiary/aromatic N) is 2. The Labute approximate surface area is 121 Å². The maximum atomic E-state index is 12.2. The number of carbonyl (C=O) groups excluding carboxylic acids is 1. The number of fused-ring (bicyclic) bond motifs is 1. The van der Waals surface area contributed by atoms with Gasteiger partial charge in [0, 0.05) is 24.3 Å². The van der Waals surface area contributed by atoms with Crippen LogP contribution in [0.3, 0.4) is 0 Å². The molecule has 0 saturated carbocycles. The number of hydrogen-bond donors (Lipinski definition) is 0. The second kappa shape index (κ2) is 5.57. The molecule has 1 saturated heterocycles. The number of anilines is 1. The van der Waals surface area contributed by atoms with Crippen molar-refractivity contribution in [3.05, 3.63) is 29.8 Å². The first-order valence-electron chi connectivity index (χ1n) is 7.77. The van der Waals surface area contributed by atoms with Crippen LogP contribution in [0.4, 0.5) is 5.69 Å². The fraction of sp³-hybridized carbons (Fsp3) is 0.588. The fourth-order valence-electron chi connectivity index (χ4n) is 3.60. The third kappa shape index (κ3) is 2.47. The zero-order valence-corrected chi connectivity index (χ0v) is 12.5. The Morgan fingerprint density at radius 2 is 2.05 bits per heavy atom. The van der Waals surface area contributed by atoms with Crippen LogP contribution in [-0.4, -0.2) is 36.5 Å². The third-order valence-electron chi connectivity index (χ3n) is 5.04. The molecule has 2 unspecified atom stereocenters. The van der Waals surface area contributed by atoms with Gasteiger partial charge in [0.1, 0.15) is 0 Å². The van der Waals surface area contributed by atoms with E-state index in [1.165, 1.54) is 24.8 Å². The first-order chi connectivity index (χ1) is 9.66. The lowest BCUT2D eigenvalue weighted by molar-refractivity contribution is -0.117. The Kier molecular flexibility index (Phi) is 3.79. The van der Waals surface area contributed by atoms with Gasteiger partial charge in [-0.25, -0.2) is 0 Å². The van der Waals surface area contributed by atoms with Crippen molar-refractivity contribution in [1.82, 2.24) is 4.90 Å². The van der Waals surface area contributed by atoms with E-state index in [2.05, 4.69) is 31.0 Å². The zero-order valence-electron chi connectivity index (χ0n) is 12.5. The second-order valence-corrected chi connectivity index (χ2v) is 6.24. The first kappa shape index (κ1) is 13.6. The molecule has 3 nitrogen and oxygen atoms in total. The summed E-state index contributed by atoms with van der Waals surface area (Å²) < 4.78 is 0. The molecule has 2 aliphatic rings. The van der Waals surface area contributed by atoms with Gasteiger partial charge in [0.05, 0.1) is 6.42 Å². The van der Waals surface area contributed by atoms with Crippen LogP contribution in [0.15, 0.2) is 24.3 Å². The highest BCUT2D eigenvalue weighted by Gasteiger charge is 2.29. The molecule has 0 radical (unpaired) electrons. The molecular formula is C17H24N2O. The van der Waals surface area contributed by atoms with Gasteiger partial charge in [0.25, 0.3) is 0 Å². The molecule has 20 heavy (non-hydrogen) atoms. The van der Waals surface area contributed by atoms with Crippen molar-refractivity contribution in [3.8, 4) is 0 Å². The van der Waals surface area contributed by atoms with E-state index in [-0.39, 0.29) is 5.91 Å². The minimum atomic E-state index is 0.262. The Morgan fingerprint density at radius 3 is 2.90 bits per heavy atom. The predicted octanol–water partition coefficient (Wildman–Crippen LogP) is 2.84. The largest absolute Gasteiger partial charge is 0.312 e. The molecule has 0 bridgehead atoms. The number of piperidine rings is 1. The smallest absolute Gasteiger partial charge is 0.231 e. The van der Waals surface area contributed by atoms with Crippen LogP contribution in [0.25, 0.3) is 0 Å². The minimum absolute atomic E-state index is 0.262. The summed E-state index contributed by atoms with van der Waals surface area (Å²) in [5.74, 6) is 0.262. The van der Waals surface area contributed by atoms with Crippen molar-refractivity contribution in [2.75, 3.05) is 18.5 Å². The molecule has 0 spiro atoms. The van der Waals surface area contributed by atoms with Crippen molar-refractivity contribution < 1.29 is 4.79 Å². The molecule has 1 fully saturated rings. The van der Waals surface area contributed by atoms with E-state index in [4.69, 9.17) is 0 Å². The van der Waals surface area contributed by atoms with Gasteiger partial charge in [-0.05, 0) is 44.9 Å². The molecule has 1 aromatic carbocycles. The van der Waals surface area contributed by atoms with E-state index in [9.17, 15) is 4.79 Å². The lowest BCUT2D eigenvalue weighted by Gasteiger charge is -2.38. The average Bonchev–Trinajstić information content (AvgIpc) is 2.76. The Bertz CT molecular complexity index is 500. The van der Waals surface area contributed by atoms with Crippen molar-refractivity contribution >= 4 is 11.6 Å². The Morgan fingerprint density at radius 1 is 1.25 bits per heavy atom. The molecule has 3 heteroatoms. The molecule has 2 atom stereocenters. The van der Waals surface area contributed by atoms with E-state index in [0.29, 0.717) is 18.5 Å². The summed E-state index contributed by atoms with van der Waals surface area (Å²) in [5, 5.41) is 0. The number of benzene rings is 1. The second-order valence-electron chi connectivity index (χ2n) is 6.24. The number of amides is 1. The van der Waals surface area contributed by atoms with Crippen LogP contribution in [0.1, 0.15) is 38.2 Å². The number of likely N-dealkylation sites (tertiary alicyclic amines) is 1. The molecule has 2 heterocycles. The summed E-state index contributed by atoms with van der Waals surface area (Å²) >= 11 is 0. The molecule has 108 valence electrons. The van der Waals surface area contributed by atoms with E-state index in [1.807, 2.05) is 17.0 Å². The van der Waals surface area contributed by atoms with Gasteiger partial charge in [-0.1, -0.05) is 24.6 Å². The number of rotatable bonds is 3.